The Labute approximate surface area is 126 Å². The molecule has 0 amide bonds. The largest absolute Gasteiger partial charge is 0.265 e. The van der Waals surface area contributed by atoms with Crippen LogP contribution in [0, 0.1) is 3.57 Å². The van der Waals surface area contributed by atoms with E-state index in [9.17, 15) is 0 Å². The van der Waals surface area contributed by atoms with Crippen molar-refractivity contribution in [2.45, 2.75) is 0 Å². The van der Waals surface area contributed by atoms with Crippen LogP contribution in [0.2, 0.25) is 10.2 Å². The Balaban J connectivity index is 2.28. The van der Waals surface area contributed by atoms with Crippen molar-refractivity contribution in [2.24, 2.45) is 0 Å². The molecule has 90 valence electrons. The molecule has 18 heavy (non-hydrogen) atoms. The van der Waals surface area contributed by atoms with Crippen molar-refractivity contribution >= 4 is 51.4 Å². The summed E-state index contributed by atoms with van der Waals surface area (Å²) in [5.74, 6) is 0.695. The van der Waals surface area contributed by atoms with Crippen molar-refractivity contribution in [3.8, 4) is 11.4 Å². The Kier molecular flexibility index (Phi) is 3.13. The van der Waals surface area contributed by atoms with Crippen LogP contribution in [-0.4, -0.2) is 19.6 Å². The first kappa shape index (κ1) is 12.1. The maximum absolute atomic E-state index is 6.01. The van der Waals surface area contributed by atoms with Crippen molar-refractivity contribution < 1.29 is 0 Å². The smallest absolute Gasteiger partial charge is 0.170 e. The molecule has 0 aliphatic carbocycles. The Morgan fingerprint density at radius 1 is 1.11 bits per heavy atom. The summed E-state index contributed by atoms with van der Waals surface area (Å²) >= 11 is 14.1. The van der Waals surface area contributed by atoms with Crippen molar-refractivity contribution in [3.05, 3.63) is 44.3 Å². The van der Waals surface area contributed by atoms with E-state index in [2.05, 4.69) is 37.8 Å². The number of benzene rings is 1. The summed E-state index contributed by atoms with van der Waals surface area (Å²) in [5, 5.41) is 9.28. The minimum atomic E-state index is 0.391. The minimum absolute atomic E-state index is 0.391. The molecule has 0 spiro atoms. The van der Waals surface area contributed by atoms with Crippen LogP contribution in [0.5, 0.6) is 0 Å². The Hall–Kier alpha value is -0.920. The zero-order valence-electron chi connectivity index (χ0n) is 8.81. The van der Waals surface area contributed by atoms with Gasteiger partial charge in [-0.05, 0) is 40.8 Å². The predicted octanol–water partition coefficient (Wildman–Crippen LogP) is 3.70. The first-order valence-electron chi connectivity index (χ1n) is 4.97. The molecule has 3 rings (SSSR count). The number of fused-ring (bicyclic) bond motifs is 1. The van der Waals surface area contributed by atoms with Crippen molar-refractivity contribution in [1.82, 2.24) is 19.6 Å². The van der Waals surface area contributed by atoms with Gasteiger partial charge in [-0.1, -0.05) is 23.2 Å². The highest BCUT2D eigenvalue weighted by Gasteiger charge is 2.12. The van der Waals surface area contributed by atoms with Crippen LogP contribution in [0.3, 0.4) is 0 Å². The maximum Gasteiger partial charge on any atom is 0.170 e. The van der Waals surface area contributed by atoms with Crippen molar-refractivity contribution in [3.63, 3.8) is 0 Å². The van der Waals surface area contributed by atoms with Gasteiger partial charge in [0.1, 0.15) is 11.5 Å². The predicted molar refractivity (Wildman–Crippen MR) is 79.0 cm³/mol. The van der Waals surface area contributed by atoms with E-state index in [4.69, 9.17) is 23.2 Å². The number of hydrogen-bond acceptors (Lipinski definition) is 3. The summed E-state index contributed by atoms with van der Waals surface area (Å²) in [7, 11) is 0. The van der Waals surface area contributed by atoms with E-state index in [1.165, 1.54) is 0 Å². The number of rotatable bonds is 1. The highest BCUT2D eigenvalue weighted by Crippen LogP contribution is 2.27. The molecule has 0 unspecified atom stereocenters. The average Bonchev–Trinajstić information content (AvgIpc) is 2.75. The number of aromatic nitrogens is 4. The molecule has 7 heteroatoms. The molecule has 0 aliphatic rings. The summed E-state index contributed by atoms with van der Waals surface area (Å²) < 4.78 is 2.82. The van der Waals surface area contributed by atoms with Gasteiger partial charge in [-0.3, -0.25) is 4.40 Å². The van der Waals surface area contributed by atoms with Gasteiger partial charge in [0.25, 0.3) is 0 Å². The minimum Gasteiger partial charge on any atom is -0.265 e. The summed E-state index contributed by atoms with van der Waals surface area (Å²) in [5.41, 5.74) is 1.57. The topological polar surface area (TPSA) is 43.1 Å². The zero-order chi connectivity index (χ0) is 12.7. The fraction of sp³-hybridized carbons (Fsp3) is 0. The molecule has 0 atom stereocenters. The zero-order valence-corrected chi connectivity index (χ0v) is 12.5. The lowest BCUT2D eigenvalue weighted by Gasteiger charge is -2.03. The van der Waals surface area contributed by atoms with Crippen LogP contribution in [0.4, 0.5) is 0 Å². The molecule has 1 aromatic carbocycles. The van der Waals surface area contributed by atoms with Crippen molar-refractivity contribution in [2.75, 3.05) is 0 Å². The summed E-state index contributed by atoms with van der Waals surface area (Å²) in [6.07, 6.45) is 1.60. The van der Waals surface area contributed by atoms with Crippen LogP contribution in [0.1, 0.15) is 0 Å². The maximum atomic E-state index is 6.01. The Bertz CT molecular complexity index is 741. The van der Waals surface area contributed by atoms with E-state index >= 15 is 0 Å². The molecule has 0 bridgehead atoms. The van der Waals surface area contributed by atoms with Crippen molar-refractivity contribution in [1.29, 1.82) is 0 Å². The number of hydrogen-bond donors (Lipinski definition) is 0. The van der Waals surface area contributed by atoms with Crippen LogP contribution in [0.15, 0.2) is 30.6 Å². The fourth-order valence-corrected chi connectivity index (χ4v) is 2.51. The molecule has 2 aromatic heterocycles. The van der Waals surface area contributed by atoms with Gasteiger partial charge in [0, 0.05) is 20.2 Å². The standard InChI is InChI=1S/C11H5Cl2IN4/c12-6-1-2-8(14)7(3-6)11-17-16-10-4-9(13)15-5-18(10)11/h1-5H. The Morgan fingerprint density at radius 2 is 1.94 bits per heavy atom. The van der Waals surface area contributed by atoms with Gasteiger partial charge < -0.3 is 0 Å². The third-order valence-corrected chi connectivity index (χ3v) is 3.82. The lowest BCUT2D eigenvalue weighted by Crippen LogP contribution is -1.93. The first-order chi connectivity index (χ1) is 8.65. The molecular formula is C11H5Cl2IN4. The monoisotopic (exact) mass is 390 g/mol. The molecule has 0 N–H and O–H groups in total. The molecule has 0 aliphatic heterocycles. The van der Waals surface area contributed by atoms with E-state index in [1.54, 1.807) is 16.8 Å². The molecule has 2 heterocycles. The summed E-state index contributed by atoms with van der Waals surface area (Å²) in [6.45, 7) is 0. The van der Waals surface area contributed by atoms with E-state index < -0.39 is 0 Å². The SMILES string of the molecule is Clc1ccc(I)c(-c2nnc3cc(Cl)ncn23)c1. The van der Waals surface area contributed by atoms with Crippen LogP contribution >= 0.6 is 45.8 Å². The highest BCUT2D eigenvalue weighted by atomic mass is 127. The second-order valence-electron chi connectivity index (χ2n) is 3.59. The lowest BCUT2D eigenvalue weighted by atomic mass is 10.2. The van der Waals surface area contributed by atoms with Gasteiger partial charge in [0.2, 0.25) is 0 Å². The molecule has 0 radical (unpaired) electrons. The van der Waals surface area contributed by atoms with Gasteiger partial charge in [-0.2, -0.15) is 0 Å². The normalized spacial score (nSPS) is 11.1. The van der Waals surface area contributed by atoms with Gasteiger partial charge >= 0.3 is 0 Å². The molecule has 4 nitrogen and oxygen atoms in total. The second-order valence-corrected chi connectivity index (χ2v) is 5.57. The lowest BCUT2D eigenvalue weighted by molar-refractivity contribution is 1.08. The van der Waals surface area contributed by atoms with Gasteiger partial charge in [-0.15, -0.1) is 10.2 Å². The first-order valence-corrected chi connectivity index (χ1v) is 6.80. The molecule has 0 saturated heterocycles. The van der Waals surface area contributed by atoms with E-state index in [0.717, 1.165) is 9.13 Å². The number of nitrogens with zero attached hydrogens (tertiary/aromatic N) is 4. The quantitative estimate of drug-likeness (QED) is 0.470. The molecule has 0 saturated carbocycles. The van der Waals surface area contributed by atoms with Gasteiger partial charge in [0.05, 0.1) is 0 Å². The average molecular weight is 391 g/mol. The number of halogens is 3. The Morgan fingerprint density at radius 3 is 2.78 bits per heavy atom. The second kappa shape index (κ2) is 4.64. The molecule has 0 fully saturated rings. The van der Waals surface area contributed by atoms with Gasteiger partial charge in [-0.25, -0.2) is 4.98 Å². The third kappa shape index (κ3) is 2.06. The van der Waals surface area contributed by atoms with Crippen LogP contribution < -0.4 is 0 Å². The highest BCUT2D eigenvalue weighted by molar-refractivity contribution is 14.1. The molecule has 3 aromatic rings. The molecular weight excluding hydrogens is 386 g/mol. The summed E-state index contributed by atoms with van der Waals surface area (Å²) in [4.78, 5) is 4.03. The van der Waals surface area contributed by atoms with E-state index in [-0.39, 0.29) is 0 Å². The third-order valence-electron chi connectivity index (χ3n) is 2.44. The fourth-order valence-electron chi connectivity index (χ4n) is 1.62. The summed E-state index contributed by atoms with van der Waals surface area (Å²) in [6, 6.07) is 7.29. The van der Waals surface area contributed by atoms with Crippen LogP contribution in [-0.2, 0) is 0 Å². The van der Waals surface area contributed by atoms with Crippen LogP contribution in [0.25, 0.3) is 17.0 Å². The van der Waals surface area contributed by atoms with Gasteiger partial charge in [0.15, 0.2) is 11.5 Å². The van der Waals surface area contributed by atoms with E-state index in [1.807, 2.05) is 18.2 Å². The van der Waals surface area contributed by atoms with E-state index in [0.29, 0.717) is 21.6 Å².